The van der Waals surface area contributed by atoms with Gasteiger partial charge in [0.05, 0.1) is 0 Å². The van der Waals surface area contributed by atoms with Crippen molar-refractivity contribution in [2.45, 2.75) is 12.7 Å². The molecule has 0 fully saturated rings. The zero-order valence-electron chi connectivity index (χ0n) is 11.4. The first kappa shape index (κ1) is 14.4. The minimum Gasteiger partial charge on any atom is -0.307 e. The normalized spacial score (nSPS) is 11.9. The zero-order valence-corrected chi connectivity index (χ0v) is 12.2. The number of amides is 1. The Morgan fingerprint density at radius 1 is 1.30 bits per heavy atom. The lowest BCUT2D eigenvalue weighted by Gasteiger charge is -2.06. The first-order valence-electron chi connectivity index (χ1n) is 6.17. The van der Waals surface area contributed by atoms with Gasteiger partial charge in [-0.25, -0.2) is 4.98 Å². The minimum atomic E-state index is -0.923. The number of hydrogen-bond acceptors (Lipinski definition) is 3. The van der Waals surface area contributed by atoms with Gasteiger partial charge in [-0.2, -0.15) is 0 Å². The van der Waals surface area contributed by atoms with Crippen LogP contribution >= 0.6 is 0 Å². The molecule has 0 aliphatic rings. The van der Waals surface area contributed by atoms with Crippen molar-refractivity contribution in [2.75, 3.05) is 11.6 Å². The molecule has 5 heteroatoms. The number of aryl methyl sites for hydroxylation is 1. The SMILES string of the molecule is Cc1ccnc(NC(=O)c2cccc(CS(C)=O)c2)c1. The lowest BCUT2D eigenvalue weighted by Crippen LogP contribution is -2.13. The minimum absolute atomic E-state index is 0.216. The first-order chi connectivity index (χ1) is 9.54. The second-order valence-corrected chi connectivity index (χ2v) is 6.03. The van der Waals surface area contributed by atoms with Crippen LogP contribution in [0.4, 0.5) is 5.82 Å². The van der Waals surface area contributed by atoms with E-state index in [1.54, 1.807) is 30.7 Å². The van der Waals surface area contributed by atoms with Crippen LogP contribution in [0.2, 0.25) is 0 Å². The van der Waals surface area contributed by atoms with Crippen molar-refractivity contribution < 1.29 is 9.00 Å². The average molecular weight is 288 g/mol. The summed E-state index contributed by atoms with van der Waals surface area (Å²) in [5, 5.41) is 2.75. The van der Waals surface area contributed by atoms with Crippen LogP contribution < -0.4 is 5.32 Å². The Balaban J connectivity index is 2.15. The highest BCUT2D eigenvalue weighted by atomic mass is 32.2. The van der Waals surface area contributed by atoms with Gasteiger partial charge >= 0.3 is 0 Å². The van der Waals surface area contributed by atoms with E-state index in [0.717, 1.165) is 11.1 Å². The highest BCUT2D eigenvalue weighted by Gasteiger charge is 2.08. The zero-order chi connectivity index (χ0) is 14.5. The highest BCUT2D eigenvalue weighted by molar-refractivity contribution is 7.83. The molecule has 0 saturated heterocycles. The van der Waals surface area contributed by atoms with Gasteiger partial charge in [-0.3, -0.25) is 9.00 Å². The Labute approximate surface area is 120 Å². The van der Waals surface area contributed by atoms with Gasteiger partial charge in [-0.15, -0.1) is 0 Å². The van der Waals surface area contributed by atoms with E-state index in [0.29, 0.717) is 17.1 Å². The molecule has 1 amide bonds. The molecular weight excluding hydrogens is 272 g/mol. The molecule has 2 rings (SSSR count). The Bertz CT molecular complexity index is 656. The summed E-state index contributed by atoms with van der Waals surface area (Å²) in [6.07, 6.45) is 3.30. The van der Waals surface area contributed by atoms with E-state index in [9.17, 15) is 9.00 Å². The van der Waals surface area contributed by atoms with Gasteiger partial charge in [0.2, 0.25) is 0 Å². The average Bonchev–Trinajstić information content (AvgIpc) is 2.38. The van der Waals surface area contributed by atoms with Crippen LogP contribution in [-0.4, -0.2) is 21.4 Å². The highest BCUT2D eigenvalue weighted by Crippen LogP contribution is 2.11. The summed E-state index contributed by atoms with van der Waals surface area (Å²) in [6.45, 7) is 1.94. The van der Waals surface area contributed by atoms with Crippen LogP contribution in [-0.2, 0) is 16.6 Å². The fraction of sp³-hybridized carbons (Fsp3) is 0.200. The lowest BCUT2D eigenvalue weighted by molar-refractivity contribution is 0.102. The molecular formula is C15H16N2O2S. The van der Waals surface area contributed by atoms with E-state index >= 15 is 0 Å². The summed E-state index contributed by atoms with van der Waals surface area (Å²) in [4.78, 5) is 16.2. The molecule has 1 atom stereocenters. The number of pyridine rings is 1. The van der Waals surface area contributed by atoms with Gasteiger partial charge < -0.3 is 5.32 Å². The van der Waals surface area contributed by atoms with E-state index in [2.05, 4.69) is 10.3 Å². The van der Waals surface area contributed by atoms with Gasteiger partial charge in [-0.05, 0) is 42.3 Å². The number of nitrogens with one attached hydrogen (secondary N) is 1. The number of nitrogens with zero attached hydrogens (tertiary/aromatic N) is 1. The van der Waals surface area contributed by atoms with Gasteiger partial charge in [0.1, 0.15) is 5.82 Å². The Morgan fingerprint density at radius 3 is 2.80 bits per heavy atom. The van der Waals surface area contributed by atoms with Crippen molar-refractivity contribution in [3.63, 3.8) is 0 Å². The topological polar surface area (TPSA) is 59.1 Å². The van der Waals surface area contributed by atoms with Crippen LogP contribution in [0.25, 0.3) is 0 Å². The van der Waals surface area contributed by atoms with Gasteiger partial charge in [0, 0.05) is 34.6 Å². The molecule has 0 radical (unpaired) electrons. The Morgan fingerprint density at radius 2 is 2.10 bits per heavy atom. The number of rotatable bonds is 4. The van der Waals surface area contributed by atoms with Crippen LogP contribution in [0.15, 0.2) is 42.6 Å². The third-order valence-corrected chi connectivity index (χ3v) is 3.46. The van der Waals surface area contributed by atoms with E-state index < -0.39 is 10.8 Å². The van der Waals surface area contributed by atoms with Crippen LogP contribution in [0.5, 0.6) is 0 Å². The second-order valence-electron chi connectivity index (χ2n) is 4.59. The van der Waals surface area contributed by atoms with Crippen molar-refractivity contribution in [3.05, 3.63) is 59.3 Å². The van der Waals surface area contributed by atoms with Crippen molar-refractivity contribution in [1.29, 1.82) is 0 Å². The summed E-state index contributed by atoms with van der Waals surface area (Å²) in [7, 11) is -0.923. The number of carbonyl (C=O) groups excluding carboxylic acids is 1. The first-order valence-corrected chi connectivity index (χ1v) is 7.90. The largest absolute Gasteiger partial charge is 0.307 e. The van der Waals surface area contributed by atoms with Gasteiger partial charge in [-0.1, -0.05) is 12.1 Å². The molecule has 2 aromatic rings. The van der Waals surface area contributed by atoms with Gasteiger partial charge in [0.25, 0.3) is 5.91 Å². The quantitative estimate of drug-likeness (QED) is 0.940. The molecule has 0 spiro atoms. The predicted octanol–water partition coefficient (Wildman–Crippen LogP) is 2.52. The molecule has 1 aromatic carbocycles. The molecule has 0 saturated carbocycles. The smallest absolute Gasteiger partial charge is 0.256 e. The van der Waals surface area contributed by atoms with Crippen LogP contribution in [0, 0.1) is 6.92 Å². The van der Waals surface area contributed by atoms with E-state index in [4.69, 9.17) is 0 Å². The van der Waals surface area contributed by atoms with Crippen molar-refractivity contribution in [2.24, 2.45) is 0 Å². The molecule has 104 valence electrons. The van der Waals surface area contributed by atoms with E-state index in [-0.39, 0.29) is 5.91 Å². The van der Waals surface area contributed by atoms with E-state index in [1.807, 2.05) is 25.1 Å². The maximum absolute atomic E-state index is 12.1. The number of aromatic nitrogens is 1. The van der Waals surface area contributed by atoms with Gasteiger partial charge in [0.15, 0.2) is 0 Å². The predicted molar refractivity (Wildman–Crippen MR) is 81.1 cm³/mol. The molecule has 0 aliphatic carbocycles. The summed E-state index contributed by atoms with van der Waals surface area (Å²) >= 11 is 0. The standard InChI is InChI=1S/C15H16N2O2S/c1-11-6-7-16-14(8-11)17-15(18)13-5-3-4-12(9-13)10-20(2)19/h3-9H,10H2,1-2H3,(H,16,17,18). The number of anilines is 1. The van der Waals surface area contributed by atoms with E-state index in [1.165, 1.54) is 0 Å². The van der Waals surface area contributed by atoms with Crippen LogP contribution in [0.3, 0.4) is 0 Å². The Hall–Kier alpha value is -2.01. The van der Waals surface area contributed by atoms with Crippen molar-refractivity contribution in [1.82, 2.24) is 4.98 Å². The van der Waals surface area contributed by atoms with Crippen molar-refractivity contribution in [3.8, 4) is 0 Å². The third kappa shape index (κ3) is 3.99. The second kappa shape index (κ2) is 6.43. The molecule has 0 aliphatic heterocycles. The molecule has 1 N–H and O–H groups in total. The summed E-state index contributed by atoms with van der Waals surface area (Å²) in [5.74, 6) is 0.760. The fourth-order valence-electron chi connectivity index (χ4n) is 1.83. The molecule has 1 aromatic heterocycles. The summed E-state index contributed by atoms with van der Waals surface area (Å²) in [5.41, 5.74) is 2.46. The number of carbonyl (C=O) groups is 1. The third-order valence-electron chi connectivity index (χ3n) is 2.72. The molecule has 4 nitrogen and oxygen atoms in total. The molecule has 20 heavy (non-hydrogen) atoms. The lowest BCUT2D eigenvalue weighted by atomic mass is 10.1. The monoisotopic (exact) mass is 288 g/mol. The fourth-order valence-corrected chi connectivity index (χ4v) is 2.48. The maximum atomic E-state index is 12.1. The van der Waals surface area contributed by atoms with Crippen molar-refractivity contribution >= 4 is 22.5 Å². The molecule has 0 bridgehead atoms. The molecule has 1 unspecified atom stereocenters. The maximum Gasteiger partial charge on any atom is 0.256 e. The van der Waals surface area contributed by atoms with Crippen LogP contribution in [0.1, 0.15) is 21.5 Å². The number of benzene rings is 1. The Kier molecular flexibility index (Phi) is 4.63. The molecule has 1 heterocycles. The summed E-state index contributed by atoms with van der Waals surface area (Å²) < 4.78 is 11.2. The summed E-state index contributed by atoms with van der Waals surface area (Å²) in [6, 6.07) is 10.8. The number of hydrogen-bond donors (Lipinski definition) is 1.